The average Bonchev–Trinajstić information content (AvgIpc) is 2.18. The molecule has 0 radical (unpaired) electrons. The topological polar surface area (TPSA) is 44.0 Å². The summed E-state index contributed by atoms with van der Waals surface area (Å²) in [6, 6.07) is 9.40. The summed E-state index contributed by atoms with van der Waals surface area (Å²) in [4.78, 5) is 0. The molecule has 0 bridgehead atoms. The zero-order chi connectivity index (χ0) is 9.68. The average molecular weight is 173 g/mol. The van der Waals surface area contributed by atoms with E-state index in [2.05, 4.69) is 6.07 Å². The van der Waals surface area contributed by atoms with Crippen LogP contribution < -0.4 is 0 Å². The molecule has 2 nitrogen and oxygen atoms in total. The monoisotopic (exact) mass is 173 g/mol. The van der Waals surface area contributed by atoms with E-state index >= 15 is 0 Å². The number of rotatable bonds is 2. The van der Waals surface area contributed by atoms with Crippen molar-refractivity contribution in [1.82, 2.24) is 0 Å². The number of nitrogens with zero attached hydrogens (tertiary/aromatic N) is 1. The maximum atomic E-state index is 8.68. The van der Waals surface area contributed by atoms with Crippen molar-refractivity contribution in [3.05, 3.63) is 41.5 Å². The van der Waals surface area contributed by atoms with Gasteiger partial charge in [0, 0.05) is 0 Å². The molecule has 0 heterocycles. The lowest BCUT2D eigenvalue weighted by molar-refractivity contribution is 0.343. The van der Waals surface area contributed by atoms with Crippen molar-refractivity contribution < 1.29 is 5.11 Å². The third-order valence-electron chi connectivity index (χ3n) is 1.84. The van der Waals surface area contributed by atoms with Crippen LogP contribution >= 0.6 is 0 Å². The SMILES string of the molecule is C/C(=C/CO)c1cccc(C#N)c1. The Bertz CT molecular complexity index is 361. The van der Waals surface area contributed by atoms with E-state index in [1.54, 1.807) is 12.1 Å². The predicted octanol–water partition coefficient (Wildman–Crippen LogP) is 1.95. The van der Waals surface area contributed by atoms with Crippen molar-refractivity contribution in [2.24, 2.45) is 0 Å². The summed E-state index contributed by atoms with van der Waals surface area (Å²) < 4.78 is 0. The highest BCUT2D eigenvalue weighted by Gasteiger charge is 1.96. The summed E-state index contributed by atoms with van der Waals surface area (Å²) >= 11 is 0. The Hall–Kier alpha value is -1.59. The van der Waals surface area contributed by atoms with Gasteiger partial charge < -0.3 is 5.11 Å². The minimum absolute atomic E-state index is 0.0304. The van der Waals surface area contributed by atoms with Gasteiger partial charge in [0.1, 0.15) is 0 Å². The second-order valence-corrected chi connectivity index (χ2v) is 2.76. The molecule has 1 aromatic rings. The molecule has 0 fully saturated rings. The van der Waals surface area contributed by atoms with Crippen LogP contribution in [0.3, 0.4) is 0 Å². The van der Waals surface area contributed by atoms with Crippen LogP contribution in [0.15, 0.2) is 30.3 Å². The van der Waals surface area contributed by atoms with Crippen molar-refractivity contribution in [3.8, 4) is 6.07 Å². The van der Waals surface area contributed by atoms with Gasteiger partial charge in [-0.15, -0.1) is 0 Å². The zero-order valence-electron chi connectivity index (χ0n) is 7.49. The van der Waals surface area contributed by atoms with Crippen LogP contribution in [0.2, 0.25) is 0 Å². The van der Waals surface area contributed by atoms with Crippen molar-refractivity contribution in [2.45, 2.75) is 6.92 Å². The number of nitriles is 1. The Balaban J connectivity index is 3.03. The predicted molar refractivity (Wildman–Crippen MR) is 51.9 cm³/mol. The standard InChI is InChI=1S/C11H11NO/c1-9(5-6-13)11-4-2-3-10(7-11)8-12/h2-5,7,13H,6H2,1H3/b9-5-. The molecule has 66 valence electrons. The van der Waals surface area contributed by atoms with E-state index in [0.717, 1.165) is 11.1 Å². The van der Waals surface area contributed by atoms with Crippen LogP contribution in [0.4, 0.5) is 0 Å². The highest BCUT2D eigenvalue weighted by Crippen LogP contribution is 2.14. The molecule has 0 aliphatic carbocycles. The fourth-order valence-corrected chi connectivity index (χ4v) is 1.09. The van der Waals surface area contributed by atoms with Crippen LogP contribution in [0.5, 0.6) is 0 Å². The number of allylic oxidation sites excluding steroid dienone is 1. The summed E-state index contributed by atoms with van der Waals surface area (Å²) in [6.07, 6.45) is 1.72. The van der Waals surface area contributed by atoms with E-state index in [4.69, 9.17) is 10.4 Å². The number of hydrogen-bond donors (Lipinski definition) is 1. The molecule has 0 aliphatic heterocycles. The van der Waals surface area contributed by atoms with E-state index < -0.39 is 0 Å². The third kappa shape index (κ3) is 2.43. The van der Waals surface area contributed by atoms with Gasteiger partial charge in [-0.3, -0.25) is 0 Å². The lowest BCUT2D eigenvalue weighted by atomic mass is 10.1. The highest BCUT2D eigenvalue weighted by atomic mass is 16.2. The van der Waals surface area contributed by atoms with Crippen LogP contribution in [0.25, 0.3) is 5.57 Å². The Morgan fingerprint density at radius 1 is 1.62 bits per heavy atom. The molecule has 1 rings (SSSR count). The maximum absolute atomic E-state index is 8.68. The van der Waals surface area contributed by atoms with Gasteiger partial charge in [0.25, 0.3) is 0 Å². The van der Waals surface area contributed by atoms with Gasteiger partial charge in [-0.2, -0.15) is 5.26 Å². The molecule has 0 aromatic heterocycles. The molecule has 1 aromatic carbocycles. The van der Waals surface area contributed by atoms with Gasteiger partial charge in [-0.1, -0.05) is 18.2 Å². The normalized spacial score (nSPS) is 11.0. The summed E-state index contributed by atoms with van der Waals surface area (Å²) in [7, 11) is 0. The minimum Gasteiger partial charge on any atom is -0.392 e. The summed E-state index contributed by atoms with van der Waals surface area (Å²) in [5, 5.41) is 17.3. The van der Waals surface area contributed by atoms with E-state index in [-0.39, 0.29) is 6.61 Å². The number of aliphatic hydroxyl groups is 1. The fraction of sp³-hybridized carbons (Fsp3) is 0.182. The van der Waals surface area contributed by atoms with Gasteiger partial charge in [0.2, 0.25) is 0 Å². The van der Waals surface area contributed by atoms with E-state index in [1.807, 2.05) is 25.1 Å². The molecular formula is C11H11NO. The van der Waals surface area contributed by atoms with Gasteiger partial charge >= 0.3 is 0 Å². The summed E-state index contributed by atoms with van der Waals surface area (Å²) in [6.45, 7) is 1.94. The van der Waals surface area contributed by atoms with Gasteiger partial charge in [0.15, 0.2) is 0 Å². The van der Waals surface area contributed by atoms with Crippen molar-refractivity contribution in [3.63, 3.8) is 0 Å². The van der Waals surface area contributed by atoms with Gasteiger partial charge in [-0.05, 0) is 30.2 Å². The van der Waals surface area contributed by atoms with Crippen LogP contribution in [-0.4, -0.2) is 11.7 Å². The molecule has 0 aliphatic rings. The summed E-state index contributed by atoms with van der Waals surface area (Å²) in [5.74, 6) is 0. The largest absolute Gasteiger partial charge is 0.392 e. The number of aliphatic hydroxyl groups excluding tert-OH is 1. The molecule has 1 N–H and O–H groups in total. The lowest BCUT2D eigenvalue weighted by Gasteiger charge is -2.00. The zero-order valence-corrected chi connectivity index (χ0v) is 7.49. The first-order chi connectivity index (χ1) is 6.27. The highest BCUT2D eigenvalue weighted by molar-refractivity contribution is 5.64. The molecule has 2 heteroatoms. The Morgan fingerprint density at radius 2 is 2.38 bits per heavy atom. The van der Waals surface area contributed by atoms with E-state index in [9.17, 15) is 0 Å². The lowest BCUT2D eigenvalue weighted by Crippen LogP contribution is -1.83. The van der Waals surface area contributed by atoms with Crippen molar-refractivity contribution >= 4 is 5.57 Å². The minimum atomic E-state index is 0.0304. The molecule has 0 saturated heterocycles. The molecule has 13 heavy (non-hydrogen) atoms. The molecule has 0 unspecified atom stereocenters. The smallest absolute Gasteiger partial charge is 0.0991 e. The Morgan fingerprint density at radius 3 is 3.00 bits per heavy atom. The first-order valence-electron chi connectivity index (χ1n) is 4.06. The first kappa shape index (κ1) is 9.50. The van der Waals surface area contributed by atoms with Gasteiger partial charge in [-0.25, -0.2) is 0 Å². The van der Waals surface area contributed by atoms with Crippen molar-refractivity contribution in [2.75, 3.05) is 6.61 Å². The molecule has 0 amide bonds. The quantitative estimate of drug-likeness (QED) is 0.742. The molecule has 0 atom stereocenters. The molecule has 0 spiro atoms. The third-order valence-corrected chi connectivity index (χ3v) is 1.84. The Labute approximate surface area is 77.8 Å². The number of benzene rings is 1. The second kappa shape index (κ2) is 4.44. The summed E-state index contributed by atoms with van der Waals surface area (Å²) in [5.41, 5.74) is 2.61. The first-order valence-corrected chi connectivity index (χ1v) is 4.06. The Kier molecular flexibility index (Phi) is 3.24. The maximum Gasteiger partial charge on any atom is 0.0991 e. The van der Waals surface area contributed by atoms with E-state index in [0.29, 0.717) is 5.56 Å². The van der Waals surface area contributed by atoms with Crippen molar-refractivity contribution in [1.29, 1.82) is 5.26 Å². The van der Waals surface area contributed by atoms with Crippen LogP contribution in [-0.2, 0) is 0 Å². The molecular weight excluding hydrogens is 162 g/mol. The van der Waals surface area contributed by atoms with Crippen LogP contribution in [0.1, 0.15) is 18.1 Å². The van der Waals surface area contributed by atoms with Crippen LogP contribution in [0, 0.1) is 11.3 Å². The van der Waals surface area contributed by atoms with Gasteiger partial charge in [0.05, 0.1) is 18.2 Å². The molecule has 0 saturated carbocycles. The number of hydrogen-bond acceptors (Lipinski definition) is 2. The second-order valence-electron chi connectivity index (χ2n) is 2.76. The van der Waals surface area contributed by atoms with E-state index in [1.165, 1.54) is 0 Å². The fourth-order valence-electron chi connectivity index (χ4n) is 1.09.